The molecular weight excluding hydrogens is 312 g/mol. The molecule has 0 fully saturated rings. The van der Waals surface area contributed by atoms with E-state index < -0.39 is 11.6 Å². The molecule has 4 nitrogen and oxygen atoms in total. The molecule has 0 amide bonds. The normalized spacial score (nSPS) is 10.7. The van der Waals surface area contributed by atoms with Gasteiger partial charge in [-0.3, -0.25) is 4.79 Å². The predicted molar refractivity (Wildman–Crippen MR) is 85.7 cm³/mol. The molecular formula is C15H20ClF2N3O. The van der Waals surface area contributed by atoms with Crippen molar-refractivity contribution in [2.75, 3.05) is 33.7 Å². The molecule has 0 aliphatic rings. The number of aromatic nitrogens is 1. The van der Waals surface area contributed by atoms with Gasteiger partial charge in [-0.25, -0.2) is 8.78 Å². The number of likely N-dealkylation sites (N-methyl/N-ethyl adjacent to an activating group) is 2. The van der Waals surface area contributed by atoms with E-state index in [2.05, 4.69) is 29.2 Å². The molecule has 122 valence electrons. The van der Waals surface area contributed by atoms with Crippen LogP contribution in [0.25, 0.3) is 10.9 Å². The van der Waals surface area contributed by atoms with Crippen LogP contribution in [0.5, 0.6) is 0 Å². The van der Waals surface area contributed by atoms with Crippen LogP contribution in [-0.2, 0) is 0 Å². The molecule has 0 aliphatic carbocycles. The molecule has 2 N–H and O–H groups in total. The third-order valence-electron chi connectivity index (χ3n) is 3.22. The van der Waals surface area contributed by atoms with Crippen LogP contribution in [0.3, 0.4) is 0 Å². The van der Waals surface area contributed by atoms with E-state index in [4.69, 9.17) is 11.6 Å². The number of aromatic amines is 1. The van der Waals surface area contributed by atoms with Gasteiger partial charge in [0, 0.05) is 13.1 Å². The van der Waals surface area contributed by atoms with E-state index in [0.29, 0.717) is 11.8 Å². The quantitative estimate of drug-likeness (QED) is 0.828. The smallest absolute Gasteiger partial charge is 0.169 e. The lowest BCUT2D eigenvalue weighted by Crippen LogP contribution is -2.26. The summed E-state index contributed by atoms with van der Waals surface area (Å²) in [5, 5.41) is 2.69. The first-order valence-electron chi connectivity index (χ1n) is 6.89. The molecule has 0 saturated heterocycles. The molecule has 0 unspecified atom stereocenters. The minimum absolute atomic E-state index is 0.0891. The van der Waals surface area contributed by atoms with Crippen molar-refractivity contribution in [3.8, 4) is 0 Å². The lowest BCUT2D eigenvalue weighted by Gasteiger charge is -2.11. The highest BCUT2D eigenvalue weighted by atomic mass is 35.5. The number of carbonyl (C=O) groups is 1. The van der Waals surface area contributed by atoms with Crippen molar-refractivity contribution in [2.45, 2.75) is 6.92 Å². The largest absolute Gasteiger partial charge is 0.350 e. The maximum absolute atomic E-state index is 13.4. The van der Waals surface area contributed by atoms with Crippen LogP contribution in [0.15, 0.2) is 12.1 Å². The maximum Gasteiger partial charge on any atom is 0.169 e. The summed E-state index contributed by atoms with van der Waals surface area (Å²) in [6.45, 7) is 5.54. The number of halogens is 3. The van der Waals surface area contributed by atoms with Crippen LogP contribution < -0.4 is 5.32 Å². The molecule has 2 aromatic rings. The Morgan fingerprint density at radius 2 is 2.09 bits per heavy atom. The van der Waals surface area contributed by atoms with E-state index in [0.717, 1.165) is 25.7 Å². The number of nitrogens with zero attached hydrogens (tertiary/aromatic N) is 1. The van der Waals surface area contributed by atoms with Crippen LogP contribution in [0.1, 0.15) is 17.4 Å². The van der Waals surface area contributed by atoms with Gasteiger partial charge in [-0.05, 0) is 32.8 Å². The summed E-state index contributed by atoms with van der Waals surface area (Å²) in [6.07, 6.45) is 0.323. The molecule has 0 atom stereocenters. The Kier molecular flexibility index (Phi) is 7.44. The summed E-state index contributed by atoms with van der Waals surface area (Å²) in [6, 6.07) is 2.43. The van der Waals surface area contributed by atoms with E-state index in [9.17, 15) is 13.6 Å². The van der Waals surface area contributed by atoms with Crippen LogP contribution in [-0.4, -0.2) is 49.9 Å². The zero-order valence-electron chi connectivity index (χ0n) is 12.8. The van der Waals surface area contributed by atoms with Crippen molar-refractivity contribution in [3.05, 3.63) is 34.5 Å². The van der Waals surface area contributed by atoms with Gasteiger partial charge in [0.1, 0.15) is 11.5 Å². The first kappa shape index (κ1) is 18.5. The summed E-state index contributed by atoms with van der Waals surface area (Å²) in [4.78, 5) is 15.1. The Balaban J connectivity index is 0.000000261. The summed E-state index contributed by atoms with van der Waals surface area (Å²) >= 11 is 5.55. The summed E-state index contributed by atoms with van der Waals surface area (Å²) in [5.74, 6) is -1.53. The molecule has 22 heavy (non-hydrogen) atoms. The van der Waals surface area contributed by atoms with Crippen LogP contribution in [0, 0.1) is 11.6 Å². The number of rotatable bonds is 5. The highest BCUT2D eigenvalue weighted by Crippen LogP contribution is 2.29. The Bertz CT molecular complexity index is 631. The number of hydrogen-bond acceptors (Lipinski definition) is 3. The average molecular weight is 332 g/mol. The van der Waals surface area contributed by atoms with Gasteiger partial charge >= 0.3 is 0 Å². The van der Waals surface area contributed by atoms with Gasteiger partial charge in [0.2, 0.25) is 0 Å². The van der Waals surface area contributed by atoms with Crippen LogP contribution >= 0.6 is 11.6 Å². The molecule has 0 spiro atoms. The van der Waals surface area contributed by atoms with Crippen molar-refractivity contribution >= 4 is 28.8 Å². The molecule has 1 heterocycles. The van der Waals surface area contributed by atoms with E-state index in [1.807, 2.05) is 7.05 Å². The number of hydrogen-bond donors (Lipinski definition) is 2. The zero-order chi connectivity index (χ0) is 16.7. The Hall–Kier alpha value is -1.50. The van der Waals surface area contributed by atoms with Crippen molar-refractivity contribution in [3.63, 3.8) is 0 Å². The van der Waals surface area contributed by atoms with Gasteiger partial charge in [0.25, 0.3) is 0 Å². The molecule has 7 heteroatoms. The van der Waals surface area contributed by atoms with E-state index in [1.165, 1.54) is 6.07 Å². The fraction of sp³-hybridized carbons (Fsp3) is 0.400. The van der Waals surface area contributed by atoms with Gasteiger partial charge in [0.15, 0.2) is 12.1 Å². The second kappa shape index (κ2) is 8.82. The first-order chi connectivity index (χ1) is 10.5. The SMILES string of the molecule is CCN(C)CCNC.O=Cc1[nH]c2ccc(F)c(Cl)c2c1F. The standard InChI is InChI=1S/C9H4ClF2NO.C6H16N2/c10-8-4(11)1-2-5-7(8)9(12)6(3-14)13-5;1-4-8(3)6-5-7-2/h1-3,13H;7H,4-6H2,1-3H3. The molecule has 0 saturated carbocycles. The second-order valence-corrected chi connectivity index (χ2v) is 5.13. The minimum atomic E-state index is -0.820. The van der Waals surface area contributed by atoms with Crippen molar-refractivity contribution < 1.29 is 13.6 Å². The predicted octanol–water partition coefficient (Wildman–Crippen LogP) is 3.07. The third kappa shape index (κ3) is 4.50. The minimum Gasteiger partial charge on any atom is -0.350 e. The molecule has 0 radical (unpaired) electrons. The topological polar surface area (TPSA) is 48.1 Å². The van der Waals surface area contributed by atoms with Gasteiger partial charge in [0.05, 0.1) is 15.9 Å². The number of nitrogens with one attached hydrogen (secondary N) is 2. The Labute approximate surface area is 133 Å². The van der Waals surface area contributed by atoms with Gasteiger partial charge in [-0.2, -0.15) is 0 Å². The monoisotopic (exact) mass is 331 g/mol. The molecule has 0 aliphatic heterocycles. The summed E-state index contributed by atoms with van der Waals surface area (Å²) < 4.78 is 26.3. The molecule has 1 aromatic carbocycles. The summed E-state index contributed by atoms with van der Waals surface area (Å²) in [5.41, 5.74) is 0.0727. The summed E-state index contributed by atoms with van der Waals surface area (Å²) in [7, 11) is 4.10. The number of H-pyrrole nitrogens is 1. The molecule has 1 aromatic heterocycles. The fourth-order valence-electron chi connectivity index (χ4n) is 1.75. The van der Waals surface area contributed by atoms with Crippen molar-refractivity contribution in [1.82, 2.24) is 15.2 Å². The van der Waals surface area contributed by atoms with E-state index >= 15 is 0 Å². The lowest BCUT2D eigenvalue weighted by atomic mass is 10.2. The van der Waals surface area contributed by atoms with E-state index in [1.54, 1.807) is 0 Å². The van der Waals surface area contributed by atoms with Gasteiger partial charge < -0.3 is 15.2 Å². The third-order valence-corrected chi connectivity index (χ3v) is 3.59. The average Bonchev–Trinajstić information content (AvgIpc) is 2.86. The molecule has 2 rings (SSSR count). The lowest BCUT2D eigenvalue weighted by molar-refractivity contribution is 0.111. The number of carbonyl (C=O) groups excluding carboxylic acids is 1. The Morgan fingerprint density at radius 3 is 2.64 bits per heavy atom. The zero-order valence-corrected chi connectivity index (χ0v) is 13.6. The van der Waals surface area contributed by atoms with Crippen molar-refractivity contribution in [1.29, 1.82) is 0 Å². The number of aldehydes is 1. The van der Waals surface area contributed by atoms with Gasteiger partial charge in [-0.1, -0.05) is 18.5 Å². The maximum atomic E-state index is 13.4. The molecule has 0 bridgehead atoms. The van der Waals surface area contributed by atoms with E-state index in [-0.39, 0.29) is 16.1 Å². The number of fused-ring (bicyclic) bond motifs is 1. The first-order valence-corrected chi connectivity index (χ1v) is 7.27. The highest BCUT2D eigenvalue weighted by Gasteiger charge is 2.15. The second-order valence-electron chi connectivity index (χ2n) is 4.75. The van der Waals surface area contributed by atoms with Crippen molar-refractivity contribution in [2.24, 2.45) is 0 Å². The number of benzene rings is 1. The van der Waals surface area contributed by atoms with Crippen LogP contribution in [0.4, 0.5) is 8.78 Å². The van der Waals surface area contributed by atoms with Gasteiger partial charge in [-0.15, -0.1) is 0 Å². The fourth-order valence-corrected chi connectivity index (χ4v) is 1.99. The van der Waals surface area contributed by atoms with Crippen LogP contribution in [0.2, 0.25) is 5.02 Å². The Morgan fingerprint density at radius 1 is 1.41 bits per heavy atom. The highest BCUT2D eigenvalue weighted by molar-refractivity contribution is 6.35.